The molecule has 0 bridgehead atoms. The third-order valence-corrected chi connectivity index (χ3v) is 3.82. The first-order chi connectivity index (χ1) is 12.1. The molecule has 0 fully saturated rings. The van der Waals surface area contributed by atoms with Crippen LogP contribution in [0.5, 0.6) is 11.5 Å². The Balaban J connectivity index is 1.57. The monoisotopic (exact) mass is 342 g/mol. The minimum absolute atomic E-state index is 0.186. The molecule has 132 valence electrons. The third kappa shape index (κ3) is 4.59. The van der Waals surface area contributed by atoms with Gasteiger partial charge in [-0.25, -0.2) is 9.97 Å². The smallest absolute Gasteiger partial charge is 0.270 e. The van der Waals surface area contributed by atoms with Crippen molar-refractivity contribution < 1.29 is 14.3 Å². The molecule has 0 unspecified atom stereocenters. The second kappa shape index (κ2) is 7.83. The van der Waals surface area contributed by atoms with Crippen LogP contribution >= 0.6 is 0 Å². The molecule has 2 heterocycles. The van der Waals surface area contributed by atoms with Crippen molar-refractivity contribution in [2.45, 2.75) is 26.8 Å². The minimum Gasteiger partial charge on any atom is -0.454 e. The van der Waals surface area contributed by atoms with E-state index < -0.39 is 0 Å². The van der Waals surface area contributed by atoms with Gasteiger partial charge in [-0.3, -0.25) is 4.79 Å². The van der Waals surface area contributed by atoms with E-state index in [1.54, 1.807) is 6.07 Å². The van der Waals surface area contributed by atoms with Crippen LogP contribution in [0.3, 0.4) is 0 Å². The predicted octanol–water partition coefficient (Wildman–Crippen LogP) is 2.59. The number of rotatable bonds is 7. The summed E-state index contributed by atoms with van der Waals surface area (Å²) in [5.74, 6) is 2.46. The first-order valence-corrected chi connectivity index (χ1v) is 8.34. The number of benzene rings is 1. The molecule has 7 nitrogen and oxygen atoms in total. The second-order valence-corrected chi connectivity index (χ2v) is 6.27. The second-order valence-electron chi connectivity index (χ2n) is 6.27. The number of ether oxygens (including phenoxy) is 2. The summed E-state index contributed by atoms with van der Waals surface area (Å²) in [6.45, 7) is 5.69. The highest BCUT2D eigenvalue weighted by atomic mass is 16.7. The Kier molecular flexibility index (Phi) is 5.33. The lowest BCUT2D eigenvalue weighted by Gasteiger charge is -2.09. The molecule has 1 aromatic heterocycles. The van der Waals surface area contributed by atoms with Crippen LogP contribution in [-0.2, 0) is 6.54 Å². The number of carbonyl (C=O) groups is 1. The van der Waals surface area contributed by atoms with Crippen LogP contribution in [-0.4, -0.2) is 29.2 Å². The Bertz CT molecular complexity index is 749. The molecule has 2 aromatic rings. The van der Waals surface area contributed by atoms with Gasteiger partial charge in [0.15, 0.2) is 11.5 Å². The number of hydrogen-bond donors (Lipinski definition) is 2. The maximum absolute atomic E-state index is 12.1. The predicted molar refractivity (Wildman–Crippen MR) is 93.7 cm³/mol. The van der Waals surface area contributed by atoms with Gasteiger partial charge in [-0.05, 0) is 30.0 Å². The molecule has 0 radical (unpaired) electrons. The van der Waals surface area contributed by atoms with Gasteiger partial charge in [-0.2, -0.15) is 0 Å². The van der Waals surface area contributed by atoms with Crippen LogP contribution in [0.15, 0.2) is 30.6 Å². The highest BCUT2D eigenvalue weighted by molar-refractivity contribution is 5.92. The zero-order valence-electron chi connectivity index (χ0n) is 14.4. The average Bonchev–Trinajstić information content (AvgIpc) is 3.07. The number of hydrogen-bond acceptors (Lipinski definition) is 6. The lowest BCUT2D eigenvalue weighted by atomic mass is 10.1. The van der Waals surface area contributed by atoms with Crippen molar-refractivity contribution in [3.8, 4) is 11.5 Å². The van der Waals surface area contributed by atoms with Crippen LogP contribution in [0.25, 0.3) is 0 Å². The molecule has 0 aliphatic carbocycles. The summed E-state index contributed by atoms with van der Waals surface area (Å²) < 4.78 is 10.7. The number of nitrogens with zero attached hydrogens (tertiary/aromatic N) is 2. The van der Waals surface area contributed by atoms with E-state index in [1.165, 1.54) is 6.33 Å². The topological polar surface area (TPSA) is 85.4 Å². The van der Waals surface area contributed by atoms with Crippen LogP contribution in [0, 0.1) is 5.92 Å². The SMILES string of the molecule is CC(C)CCNC(=O)c1cc(NCc2ccc3c(c2)OCO3)ncn1. The normalized spacial score (nSPS) is 12.3. The fourth-order valence-corrected chi connectivity index (χ4v) is 2.39. The molecule has 0 atom stereocenters. The van der Waals surface area contributed by atoms with Crippen molar-refractivity contribution >= 4 is 11.7 Å². The number of amides is 1. The summed E-state index contributed by atoms with van der Waals surface area (Å²) in [6, 6.07) is 7.42. The summed E-state index contributed by atoms with van der Waals surface area (Å²) in [4.78, 5) is 20.3. The van der Waals surface area contributed by atoms with E-state index >= 15 is 0 Å². The van der Waals surface area contributed by atoms with Crippen LogP contribution in [0.1, 0.15) is 36.3 Å². The molecule has 1 aliphatic heterocycles. The van der Waals surface area contributed by atoms with Crippen molar-refractivity contribution in [2.75, 3.05) is 18.7 Å². The largest absolute Gasteiger partial charge is 0.454 e. The molecule has 0 spiro atoms. The number of anilines is 1. The lowest BCUT2D eigenvalue weighted by Crippen LogP contribution is -2.26. The van der Waals surface area contributed by atoms with Gasteiger partial charge in [-0.15, -0.1) is 0 Å². The van der Waals surface area contributed by atoms with Gasteiger partial charge >= 0.3 is 0 Å². The Hall–Kier alpha value is -2.83. The van der Waals surface area contributed by atoms with Crippen LogP contribution in [0.4, 0.5) is 5.82 Å². The molecule has 0 saturated carbocycles. The number of fused-ring (bicyclic) bond motifs is 1. The Morgan fingerprint density at radius 1 is 1.20 bits per heavy atom. The van der Waals surface area contributed by atoms with Crippen LogP contribution < -0.4 is 20.1 Å². The molecule has 7 heteroatoms. The first kappa shape index (κ1) is 17.0. The molecule has 1 aromatic carbocycles. The van der Waals surface area contributed by atoms with E-state index in [1.807, 2.05) is 18.2 Å². The molecule has 1 aliphatic rings. The molecular formula is C18H22N4O3. The number of carbonyl (C=O) groups excluding carboxylic acids is 1. The molecule has 3 rings (SSSR count). The van der Waals surface area contributed by atoms with Gasteiger partial charge < -0.3 is 20.1 Å². The zero-order valence-corrected chi connectivity index (χ0v) is 14.4. The Labute approximate surface area is 146 Å². The van der Waals surface area contributed by atoms with E-state index in [-0.39, 0.29) is 12.7 Å². The van der Waals surface area contributed by atoms with Gasteiger partial charge in [0.05, 0.1) is 0 Å². The number of nitrogens with one attached hydrogen (secondary N) is 2. The summed E-state index contributed by atoms with van der Waals surface area (Å²) >= 11 is 0. The summed E-state index contributed by atoms with van der Waals surface area (Å²) in [5, 5.41) is 6.07. The van der Waals surface area contributed by atoms with Gasteiger partial charge in [0.25, 0.3) is 5.91 Å². The van der Waals surface area contributed by atoms with Gasteiger partial charge in [-0.1, -0.05) is 19.9 Å². The van der Waals surface area contributed by atoms with E-state index in [9.17, 15) is 4.79 Å². The van der Waals surface area contributed by atoms with Gasteiger partial charge in [0, 0.05) is 19.2 Å². The van der Waals surface area contributed by atoms with E-state index in [0.717, 1.165) is 23.5 Å². The Morgan fingerprint density at radius 2 is 2.04 bits per heavy atom. The molecule has 0 saturated heterocycles. The zero-order chi connectivity index (χ0) is 17.6. The highest BCUT2D eigenvalue weighted by Gasteiger charge is 2.13. The third-order valence-electron chi connectivity index (χ3n) is 3.82. The summed E-state index contributed by atoms with van der Waals surface area (Å²) in [6.07, 6.45) is 2.32. The van der Waals surface area contributed by atoms with Crippen molar-refractivity contribution in [1.29, 1.82) is 0 Å². The summed E-state index contributed by atoms with van der Waals surface area (Å²) in [7, 11) is 0. The van der Waals surface area contributed by atoms with E-state index in [4.69, 9.17) is 9.47 Å². The van der Waals surface area contributed by atoms with Gasteiger partial charge in [0.2, 0.25) is 6.79 Å². The molecule has 1 amide bonds. The van der Waals surface area contributed by atoms with Crippen molar-refractivity contribution in [2.24, 2.45) is 5.92 Å². The fourth-order valence-electron chi connectivity index (χ4n) is 2.39. The van der Waals surface area contributed by atoms with Crippen LogP contribution in [0.2, 0.25) is 0 Å². The maximum Gasteiger partial charge on any atom is 0.270 e. The van der Waals surface area contributed by atoms with Crippen molar-refractivity contribution in [3.63, 3.8) is 0 Å². The standard InChI is InChI=1S/C18H22N4O3/c1-12(2)5-6-19-18(23)14-8-17(22-10-21-14)20-9-13-3-4-15-16(7-13)25-11-24-15/h3-4,7-8,10,12H,5-6,9,11H2,1-2H3,(H,19,23)(H,20,21,22). The maximum atomic E-state index is 12.1. The fraction of sp³-hybridized carbons (Fsp3) is 0.389. The van der Waals surface area contributed by atoms with Crippen molar-refractivity contribution in [1.82, 2.24) is 15.3 Å². The first-order valence-electron chi connectivity index (χ1n) is 8.34. The van der Waals surface area contributed by atoms with E-state index in [2.05, 4.69) is 34.4 Å². The number of aromatic nitrogens is 2. The van der Waals surface area contributed by atoms with E-state index in [0.29, 0.717) is 30.5 Å². The minimum atomic E-state index is -0.186. The quantitative estimate of drug-likeness (QED) is 0.804. The average molecular weight is 342 g/mol. The van der Waals surface area contributed by atoms with Gasteiger partial charge in [0.1, 0.15) is 17.8 Å². The highest BCUT2D eigenvalue weighted by Crippen LogP contribution is 2.32. The summed E-state index contributed by atoms with van der Waals surface area (Å²) in [5.41, 5.74) is 1.39. The molecule has 25 heavy (non-hydrogen) atoms. The molecular weight excluding hydrogens is 320 g/mol. The van der Waals surface area contributed by atoms with Crippen molar-refractivity contribution in [3.05, 3.63) is 41.9 Å². The Morgan fingerprint density at radius 3 is 2.88 bits per heavy atom. The molecule has 2 N–H and O–H groups in total. The lowest BCUT2D eigenvalue weighted by molar-refractivity contribution is 0.0947.